The molecule has 1 aliphatic heterocycles. The molecule has 0 aromatic heterocycles. The molecule has 0 spiro atoms. The largest absolute Gasteiger partial charge is 0.493 e. The van der Waals surface area contributed by atoms with Gasteiger partial charge in [0.25, 0.3) is 0 Å². The second-order valence-corrected chi connectivity index (χ2v) is 8.81. The molecule has 0 bridgehead atoms. The number of amides is 1. The van der Waals surface area contributed by atoms with E-state index < -0.39 is 11.0 Å². The Hall–Kier alpha value is -1.95. The van der Waals surface area contributed by atoms with E-state index in [1.807, 2.05) is 25.1 Å². The highest BCUT2D eigenvalue weighted by atomic mass is 16.5. The van der Waals surface area contributed by atoms with Gasteiger partial charge in [0.1, 0.15) is 0 Å². The molecular formula is C22H33NO5. The van der Waals surface area contributed by atoms with Crippen molar-refractivity contribution in [2.45, 2.75) is 64.1 Å². The van der Waals surface area contributed by atoms with Crippen molar-refractivity contribution in [1.29, 1.82) is 0 Å². The van der Waals surface area contributed by atoms with Crippen LogP contribution < -0.4 is 9.47 Å². The van der Waals surface area contributed by atoms with E-state index in [1.54, 1.807) is 25.9 Å². The zero-order valence-corrected chi connectivity index (χ0v) is 17.7. The van der Waals surface area contributed by atoms with Crippen LogP contribution in [0, 0.1) is 5.41 Å². The van der Waals surface area contributed by atoms with Gasteiger partial charge in [-0.05, 0) is 57.2 Å². The fourth-order valence-corrected chi connectivity index (χ4v) is 4.54. The monoisotopic (exact) mass is 391 g/mol. The molecule has 2 aliphatic rings. The van der Waals surface area contributed by atoms with Crippen molar-refractivity contribution in [1.82, 2.24) is 4.90 Å². The van der Waals surface area contributed by atoms with Gasteiger partial charge in [0.05, 0.1) is 25.9 Å². The quantitative estimate of drug-likeness (QED) is 0.823. The van der Waals surface area contributed by atoms with Gasteiger partial charge < -0.3 is 24.2 Å². The Labute approximate surface area is 167 Å². The number of likely N-dealkylation sites (tertiary alicyclic amines) is 1. The number of hydrogen-bond donors (Lipinski definition) is 1. The first kappa shape index (κ1) is 20.8. The van der Waals surface area contributed by atoms with Crippen LogP contribution in [0.2, 0.25) is 0 Å². The Balaban J connectivity index is 1.95. The predicted molar refractivity (Wildman–Crippen MR) is 107 cm³/mol. The number of carbonyl (C=O) groups is 1. The van der Waals surface area contributed by atoms with Crippen LogP contribution in [0.4, 0.5) is 4.79 Å². The van der Waals surface area contributed by atoms with E-state index in [-0.39, 0.29) is 18.1 Å². The SMILES string of the molecule is COC(=O)N1C[C@@H](c2ccc(OC)c(OC3CCCC3)c2)[C@@](C)(C(C)(C)O)C1. The predicted octanol–water partition coefficient (Wildman–Crippen LogP) is 3.96. The molecule has 3 rings (SSSR count). The molecule has 2 fully saturated rings. The smallest absolute Gasteiger partial charge is 0.409 e. The average molecular weight is 392 g/mol. The van der Waals surface area contributed by atoms with Crippen molar-refractivity contribution in [3.63, 3.8) is 0 Å². The molecular weight excluding hydrogens is 358 g/mol. The summed E-state index contributed by atoms with van der Waals surface area (Å²) in [4.78, 5) is 13.9. The molecule has 1 saturated carbocycles. The molecule has 1 amide bonds. The van der Waals surface area contributed by atoms with E-state index in [9.17, 15) is 9.90 Å². The molecule has 0 radical (unpaired) electrons. The molecule has 6 heteroatoms. The fourth-order valence-electron chi connectivity index (χ4n) is 4.54. The molecule has 2 atom stereocenters. The second-order valence-electron chi connectivity index (χ2n) is 8.81. The molecule has 1 aliphatic carbocycles. The molecule has 28 heavy (non-hydrogen) atoms. The lowest BCUT2D eigenvalue weighted by Crippen LogP contribution is -2.46. The lowest BCUT2D eigenvalue weighted by molar-refractivity contribution is -0.0468. The number of rotatable bonds is 5. The highest BCUT2D eigenvalue weighted by Gasteiger charge is 2.53. The van der Waals surface area contributed by atoms with Gasteiger partial charge in [-0.15, -0.1) is 0 Å². The number of carbonyl (C=O) groups excluding carboxylic acids is 1. The number of methoxy groups -OCH3 is 2. The van der Waals surface area contributed by atoms with Crippen molar-refractivity contribution < 1.29 is 24.1 Å². The van der Waals surface area contributed by atoms with Crippen LogP contribution in [-0.2, 0) is 4.74 Å². The van der Waals surface area contributed by atoms with Crippen LogP contribution in [0.1, 0.15) is 57.9 Å². The minimum absolute atomic E-state index is 0.0524. The van der Waals surface area contributed by atoms with Gasteiger partial charge in [0.15, 0.2) is 11.5 Å². The lowest BCUT2D eigenvalue weighted by Gasteiger charge is -2.41. The summed E-state index contributed by atoms with van der Waals surface area (Å²) in [6, 6.07) is 5.95. The maximum atomic E-state index is 12.2. The zero-order valence-electron chi connectivity index (χ0n) is 17.7. The first-order chi connectivity index (χ1) is 13.2. The van der Waals surface area contributed by atoms with Gasteiger partial charge in [0.2, 0.25) is 0 Å². The van der Waals surface area contributed by atoms with E-state index in [1.165, 1.54) is 20.0 Å². The highest BCUT2D eigenvalue weighted by Crippen LogP contribution is 2.50. The molecule has 0 unspecified atom stereocenters. The number of ether oxygens (including phenoxy) is 3. The maximum absolute atomic E-state index is 12.2. The summed E-state index contributed by atoms with van der Waals surface area (Å²) >= 11 is 0. The minimum Gasteiger partial charge on any atom is -0.493 e. The summed E-state index contributed by atoms with van der Waals surface area (Å²) in [6.07, 6.45) is 4.37. The molecule has 1 aromatic carbocycles. The zero-order chi connectivity index (χ0) is 20.5. The fraction of sp³-hybridized carbons (Fsp3) is 0.682. The van der Waals surface area contributed by atoms with Gasteiger partial charge in [-0.1, -0.05) is 13.0 Å². The van der Waals surface area contributed by atoms with Crippen molar-refractivity contribution >= 4 is 6.09 Å². The van der Waals surface area contributed by atoms with Gasteiger partial charge in [-0.3, -0.25) is 0 Å². The highest BCUT2D eigenvalue weighted by molar-refractivity contribution is 5.68. The molecule has 1 heterocycles. The summed E-state index contributed by atoms with van der Waals surface area (Å²) in [6.45, 7) is 6.56. The Morgan fingerprint density at radius 3 is 2.46 bits per heavy atom. The number of benzene rings is 1. The Morgan fingerprint density at radius 1 is 1.21 bits per heavy atom. The summed E-state index contributed by atoms with van der Waals surface area (Å²) in [5.41, 5.74) is -0.474. The first-order valence-corrected chi connectivity index (χ1v) is 10.1. The molecule has 1 aromatic rings. The number of hydrogen-bond acceptors (Lipinski definition) is 5. The minimum atomic E-state index is -0.979. The Morgan fingerprint density at radius 2 is 1.89 bits per heavy atom. The summed E-state index contributed by atoms with van der Waals surface area (Å²) in [5.74, 6) is 1.40. The number of aliphatic hydroxyl groups is 1. The summed E-state index contributed by atoms with van der Waals surface area (Å²) in [7, 11) is 3.03. The third-order valence-electron chi connectivity index (χ3n) is 6.71. The first-order valence-electron chi connectivity index (χ1n) is 10.1. The molecule has 156 valence electrons. The van der Waals surface area contributed by atoms with Crippen LogP contribution >= 0.6 is 0 Å². The van der Waals surface area contributed by atoms with Crippen LogP contribution in [0.25, 0.3) is 0 Å². The molecule has 1 saturated heterocycles. The average Bonchev–Trinajstić information content (AvgIpc) is 3.29. The maximum Gasteiger partial charge on any atom is 0.409 e. The van der Waals surface area contributed by atoms with Crippen LogP contribution in [0.15, 0.2) is 18.2 Å². The van der Waals surface area contributed by atoms with Crippen LogP contribution in [0.5, 0.6) is 11.5 Å². The van der Waals surface area contributed by atoms with E-state index >= 15 is 0 Å². The van der Waals surface area contributed by atoms with Crippen LogP contribution in [0.3, 0.4) is 0 Å². The Bertz CT molecular complexity index is 707. The van der Waals surface area contributed by atoms with E-state index in [0.29, 0.717) is 18.8 Å². The summed E-state index contributed by atoms with van der Waals surface area (Å²) in [5, 5.41) is 10.9. The normalized spacial score (nSPS) is 25.8. The number of nitrogens with zero attached hydrogens (tertiary/aromatic N) is 1. The standard InChI is InChI=1S/C22H33NO5/c1-21(2,25)22(3)14-23(20(24)27-5)13-17(22)15-10-11-18(26-4)19(12-15)28-16-8-6-7-9-16/h10-12,16-17,25H,6-9,13-14H2,1-5H3/t17-,22-/m0/s1. The van der Waals surface area contributed by atoms with E-state index in [0.717, 1.165) is 24.2 Å². The van der Waals surface area contributed by atoms with Gasteiger partial charge in [0, 0.05) is 24.4 Å². The van der Waals surface area contributed by atoms with Crippen molar-refractivity contribution in [3.8, 4) is 11.5 Å². The molecule has 1 N–H and O–H groups in total. The van der Waals surface area contributed by atoms with Crippen molar-refractivity contribution in [2.24, 2.45) is 5.41 Å². The second kappa shape index (κ2) is 7.82. The van der Waals surface area contributed by atoms with Gasteiger partial charge in [-0.25, -0.2) is 4.79 Å². The van der Waals surface area contributed by atoms with Crippen LogP contribution in [-0.4, -0.2) is 55.1 Å². The van der Waals surface area contributed by atoms with Gasteiger partial charge >= 0.3 is 6.09 Å². The lowest BCUT2D eigenvalue weighted by atomic mass is 9.66. The molecule has 6 nitrogen and oxygen atoms in total. The topological polar surface area (TPSA) is 68.2 Å². The van der Waals surface area contributed by atoms with Crippen molar-refractivity contribution in [2.75, 3.05) is 27.3 Å². The Kier molecular flexibility index (Phi) is 5.80. The van der Waals surface area contributed by atoms with E-state index in [4.69, 9.17) is 14.2 Å². The van der Waals surface area contributed by atoms with E-state index in [2.05, 4.69) is 0 Å². The van der Waals surface area contributed by atoms with Crippen molar-refractivity contribution in [3.05, 3.63) is 23.8 Å². The summed E-state index contributed by atoms with van der Waals surface area (Å²) < 4.78 is 16.7. The third-order valence-corrected chi connectivity index (χ3v) is 6.71. The third kappa shape index (κ3) is 3.79. The van der Waals surface area contributed by atoms with Gasteiger partial charge in [-0.2, -0.15) is 0 Å².